The van der Waals surface area contributed by atoms with Crippen molar-refractivity contribution in [2.75, 3.05) is 13.1 Å². The molecule has 1 aliphatic carbocycles. The van der Waals surface area contributed by atoms with Gasteiger partial charge in [0.05, 0.1) is 0 Å². The number of nitrogens with one attached hydrogen (secondary N) is 1. The van der Waals surface area contributed by atoms with E-state index in [1.807, 2.05) is 17.4 Å². The van der Waals surface area contributed by atoms with Crippen LogP contribution in [0.5, 0.6) is 0 Å². The predicted octanol–water partition coefficient (Wildman–Crippen LogP) is 3.40. The number of hydrogen-bond acceptors (Lipinski definition) is 3. The van der Waals surface area contributed by atoms with Crippen molar-refractivity contribution in [3.8, 4) is 0 Å². The van der Waals surface area contributed by atoms with Gasteiger partial charge in [0.25, 0.3) is 0 Å². The number of thiophene rings is 1. The molecule has 0 amide bonds. The van der Waals surface area contributed by atoms with Crippen molar-refractivity contribution in [1.82, 2.24) is 10.2 Å². The Hall–Kier alpha value is -0.640. The Balaban J connectivity index is 1.81. The van der Waals surface area contributed by atoms with Crippen molar-refractivity contribution >= 4 is 11.3 Å². The average Bonchev–Trinajstić information content (AvgIpc) is 3.08. The number of nitrogens with zero attached hydrogens (tertiary/aromatic N) is 1. The maximum Gasteiger partial charge on any atom is 0.0331 e. The van der Waals surface area contributed by atoms with Gasteiger partial charge in [0, 0.05) is 35.4 Å². The van der Waals surface area contributed by atoms with Gasteiger partial charge in [-0.3, -0.25) is 4.90 Å². The fraction of sp³-hybridized carbons (Fsp3) is 0.600. The fourth-order valence-electron chi connectivity index (χ4n) is 2.09. The van der Waals surface area contributed by atoms with Crippen LogP contribution in [-0.4, -0.2) is 24.0 Å². The first-order chi connectivity index (χ1) is 8.81. The summed E-state index contributed by atoms with van der Waals surface area (Å²) in [4.78, 5) is 5.39. The molecule has 0 radical (unpaired) electrons. The largest absolute Gasteiger partial charge is 0.309 e. The maximum atomic E-state index is 3.84. The standard InChI is InChI=1S/C15H24N2S/c1-3-9-17(10-4-2)12-15-8-7-14(18-15)11-16-13-5-6-13/h3,7-8,13,16H,1,4-6,9-12H2,2H3. The lowest BCUT2D eigenvalue weighted by Crippen LogP contribution is -2.23. The van der Waals surface area contributed by atoms with Crippen LogP contribution in [-0.2, 0) is 13.1 Å². The molecule has 1 aliphatic rings. The second-order valence-electron chi connectivity index (χ2n) is 5.05. The van der Waals surface area contributed by atoms with Crippen molar-refractivity contribution in [2.45, 2.75) is 45.3 Å². The highest BCUT2D eigenvalue weighted by atomic mass is 32.1. The molecule has 1 N–H and O–H groups in total. The van der Waals surface area contributed by atoms with Crippen LogP contribution in [0.2, 0.25) is 0 Å². The Morgan fingerprint density at radius 2 is 2.22 bits per heavy atom. The van der Waals surface area contributed by atoms with Crippen molar-refractivity contribution in [3.05, 3.63) is 34.5 Å². The van der Waals surface area contributed by atoms with E-state index in [4.69, 9.17) is 0 Å². The molecule has 1 saturated carbocycles. The van der Waals surface area contributed by atoms with Crippen LogP contribution < -0.4 is 5.32 Å². The molecule has 2 rings (SSSR count). The van der Waals surface area contributed by atoms with Gasteiger partial charge in [0.15, 0.2) is 0 Å². The molecule has 0 aliphatic heterocycles. The van der Waals surface area contributed by atoms with Crippen LogP contribution in [0.4, 0.5) is 0 Å². The summed E-state index contributed by atoms with van der Waals surface area (Å²) < 4.78 is 0. The summed E-state index contributed by atoms with van der Waals surface area (Å²) >= 11 is 1.94. The first kappa shape index (κ1) is 13.8. The normalized spacial score (nSPS) is 15.2. The molecule has 1 heterocycles. The number of rotatable bonds is 9. The minimum Gasteiger partial charge on any atom is -0.309 e. The Morgan fingerprint density at radius 3 is 2.89 bits per heavy atom. The zero-order valence-corrected chi connectivity index (χ0v) is 12.1. The smallest absolute Gasteiger partial charge is 0.0331 e. The summed E-state index contributed by atoms with van der Waals surface area (Å²) in [5.74, 6) is 0. The third kappa shape index (κ3) is 4.56. The van der Waals surface area contributed by atoms with E-state index in [9.17, 15) is 0 Å². The second kappa shape index (κ2) is 7.07. The molecule has 1 aromatic rings. The monoisotopic (exact) mass is 264 g/mol. The van der Waals surface area contributed by atoms with E-state index in [1.165, 1.54) is 29.0 Å². The molecule has 0 saturated heterocycles. The summed E-state index contributed by atoms with van der Waals surface area (Å²) in [5.41, 5.74) is 0. The zero-order chi connectivity index (χ0) is 12.8. The molecular weight excluding hydrogens is 240 g/mol. The SMILES string of the molecule is C=CCN(CCC)Cc1ccc(CNC2CC2)s1. The van der Waals surface area contributed by atoms with Crippen LogP contribution in [0.25, 0.3) is 0 Å². The summed E-state index contributed by atoms with van der Waals surface area (Å²) in [6.07, 6.45) is 5.93. The molecule has 100 valence electrons. The Bertz CT molecular complexity index is 368. The van der Waals surface area contributed by atoms with Gasteiger partial charge in [-0.25, -0.2) is 0 Å². The van der Waals surface area contributed by atoms with Gasteiger partial charge in [0.2, 0.25) is 0 Å². The van der Waals surface area contributed by atoms with E-state index >= 15 is 0 Å². The van der Waals surface area contributed by atoms with Gasteiger partial charge < -0.3 is 5.32 Å². The molecule has 3 heteroatoms. The summed E-state index contributed by atoms with van der Waals surface area (Å²) in [5, 5.41) is 3.57. The molecule has 0 bridgehead atoms. The third-order valence-corrected chi connectivity index (χ3v) is 4.24. The van der Waals surface area contributed by atoms with Crippen molar-refractivity contribution in [1.29, 1.82) is 0 Å². The van der Waals surface area contributed by atoms with E-state index < -0.39 is 0 Å². The van der Waals surface area contributed by atoms with Gasteiger partial charge in [-0.2, -0.15) is 0 Å². The average molecular weight is 264 g/mol. The molecular formula is C15H24N2S. The molecule has 2 nitrogen and oxygen atoms in total. The molecule has 1 fully saturated rings. The lowest BCUT2D eigenvalue weighted by molar-refractivity contribution is 0.298. The highest BCUT2D eigenvalue weighted by Gasteiger charge is 2.20. The van der Waals surface area contributed by atoms with Crippen LogP contribution in [0.1, 0.15) is 35.9 Å². The second-order valence-corrected chi connectivity index (χ2v) is 6.30. The van der Waals surface area contributed by atoms with Crippen molar-refractivity contribution in [2.24, 2.45) is 0 Å². The van der Waals surface area contributed by atoms with Gasteiger partial charge in [-0.15, -0.1) is 17.9 Å². The molecule has 0 unspecified atom stereocenters. The highest BCUT2D eigenvalue weighted by molar-refractivity contribution is 7.11. The lowest BCUT2D eigenvalue weighted by Gasteiger charge is -2.18. The van der Waals surface area contributed by atoms with Gasteiger partial charge >= 0.3 is 0 Å². The van der Waals surface area contributed by atoms with Crippen LogP contribution >= 0.6 is 11.3 Å². The molecule has 18 heavy (non-hydrogen) atoms. The predicted molar refractivity (Wildman–Crippen MR) is 79.9 cm³/mol. The Morgan fingerprint density at radius 1 is 1.44 bits per heavy atom. The third-order valence-electron chi connectivity index (χ3n) is 3.17. The molecule has 1 aromatic heterocycles. The van der Waals surface area contributed by atoms with E-state index in [0.29, 0.717) is 0 Å². The zero-order valence-electron chi connectivity index (χ0n) is 11.3. The fourth-order valence-corrected chi connectivity index (χ4v) is 3.10. The lowest BCUT2D eigenvalue weighted by atomic mass is 10.3. The molecule has 0 spiro atoms. The van der Waals surface area contributed by atoms with Gasteiger partial charge in [0.1, 0.15) is 0 Å². The summed E-state index contributed by atoms with van der Waals surface area (Å²) in [7, 11) is 0. The first-order valence-electron chi connectivity index (χ1n) is 6.96. The molecule has 0 atom stereocenters. The quantitative estimate of drug-likeness (QED) is 0.688. The summed E-state index contributed by atoms with van der Waals surface area (Å²) in [6.45, 7) is 10.3. The van der Waals surface area contributed by atoms with Crippen LogP contribution in [0.3, 0.4) is 0 Å². The minimum absolute atomic E-state index is 0.799. The first-order valence-corrected chi connectivity index (χ1v) is 7.77. The van der Waals surface area contributed by atoms with E-state index in [-0.39, 0.29) is 0 Å². The van der Waals surface area contributed by atoms with Gasteiger partial charge in [-0.1, -0.05) is 13.0 Å². The minimum atomic E-state index is 0.799. The van der Waals surface area contributed by atoms with E-state index in [2.05, 4.69) is 35.9 Å². The van der Waals surface area contributed by atoms with Crippen molar-refractivity contribution < 1.29 is 0 Å². The van der Waals surface area contributed by atoms with Gasteiger partial charge in [-0.05, 0) is 37.9 Å². The number of hydrogen-bond donors (Lipinski definition) is 1. The summed E-state index contributed by atoms with van der Waals surface area (Å²) in [6, 6.07) is 5.35. The van der Waals surface area contributed by atoms with Crippen LogP contribution in [0, 0.1) is 0 Å². The Kier molecular flexibility index (Phi) is 5.42. The van der Waals surface area contributed by atoms with E-state index in [1.54, 1.807) is 0 Å². The Labute approximate surface area is 115 Å². The van der Waals surface area contributed by atoms with Crippen LogP contribution in [0.15, 0.2) is 24.8 Å². The topological polar surface area (TPSA) is 15.3 Å². The highest BCUT2D eigenvalue weighted by Crippen LogP contribution is 2.22. The van der Waals surface area contributed by atoms with E-state index in [0.717, 1.165) is 32.2 Å². The maximum absolute atomic E-state index is 3.84. The van der Waals surface area contributed by atoms with Crippen molar-refractivity contribution in [3.63, 3.8) is 0 Å². The molecule has 0 aromatic carbocycles.